The second-order valence-corrected chi connectivity index (χ2v) is 13.8. The lowest BCUT2D eigenvalue weighted by Crippen LogP contribution is -2.55. The van der Waals surface area contributed by atoms with Crippen molar-refractivity contribution in [3.05, 3.63) is 101 Å². The molecule has 0 spiro atoms. The van der Waals surface area contributed by atoms with Crippen LogP contribution in [0.2, 0.25) is 0 Å². The molecule has 0 aliphatic carbocycles. The molecule has 57 heavy (non-hydrogen) atoms. The Morgan fingerprint density at radius 2 is 1.44 bits per heavy atom. The number of hydrogen-bond acceptors (Lipinski definition) is 13. The van der Waals surface area contributed by atoms with E-state index in [-0.39, 0.29) is 49.1 Å². The van der Waals surface area contributed by atoms with Crippen LogP contribution in [0.25, 0.3) is 0 Å². The topological polar surface area (TPSA) is 288 Å². The highest BCUT2D eigenvalue weighted by Gasteiger charge is 2.39. The van der Waals surface area contributed by atoms with E-state index >= 15 is 0 Å². The number of nitrogens with one attached hydrogen (secondary N) is 4. The van der Waals surface area contributed by atoms with Gasteiger partial charge in [-0.2, -0.15) is 4.98 Å². The number of phenolic OH excluding ortho intramolecular Hbond substituents is 2. The molecule has 1 saturated heterocycles. The summed E-state index contributed by atoms with van der Waals surface area (Å²) in [4.78, 5) is 71.3. The molecule has 1 aliphatic heterocycles. The smallest absolute Gasteiger partial charge is 0.264 e. The molecule has 302 valence electrons. The van der Waals surface area contributed by atoms with Gasteiger partial charge in [-0.25, -0.2) is 0 Å². The first-order chi connectivity index (χ1) is 27.3. The van der Waals surface area contributed by atoms with Gasteiger partial charge in [0.25, 0.3) is 11.8 Å². The monoisotopic (exact) mass is 785 g/mol. The normalized spacial score (nSPS) is 16.4. The molecule has 1 aliphatic rings. The number of carbonyl (C=O) groups excluding carboxylic acids is 5. The van der Waals surface area contributed by atoms with Gasteiger partial charge in [-0.05, 0) is 72.3 Å². The lowest BCUT2D eigenvalue weighted by atomic mass is 10.0. The number of aromatic nitrogens is 2. The number of aromatic hydroxyl groups is 2. The average molecular weight is 786 g/mol. The summed E-state index contributed by atoms with van der Waals surface area (Å²) in [5.41, 5.74) is 13.6. The number of nitrogens with zero attached hydrogens (tertiary/aromatic N) is 3. The fraction of sp³-hybridized carbons (Fsp3) is 0.359. The fourth-order valence-corrected chi connectivity index (χ4v) is 6.35. The average Bonchev–Trinajstić information content (AvgIpc) is 3.89. The van der Waals surface area contributed by atoms with Crippen molar-refractivity contribution in [1.29, 1.82) is 0 Å². The largest absolute Gasteiger partial charge is 0.508 e. The Bertz CT molecular complexity index is 1990. The molecule has 0 saturated carbocycles. The van der Waals surface area contributed by atoms with Gasteiger partial charge in [-0.15, -0.1) is 0 Å². The molecular weight excluding hydrogens is 738 g/mol. The summed E-state index contributed by atoms with van der Waals surface area (Å²) in [6.07, 6.45) is 1.26. The number of primary amides is 1. The number of nitrogens with two attached hydrogens (primary N) is 2. The van der Waals surface area contributed by atoms with Crippen LogP contribution in [0.5, 0.6) is 11.5 Å². The zero-order valence-electron chi connectivity index (χ0n) is 31.2. The van der Waals surface area contributed by atoms with Gasteiger partial charge in [0.05, 0.1) is 12.6 Å². The third-order valence-corrected chi connectivity index (χ3v) is 9.48. The Kier molecular flexibility index (Phi) is 14.1. The summed E-state index contributed by atoms with van der Waals surface area (Å²) in [6.45, 7) is 1.02. The summed E-state index contributed by atoms with van der Waals surface area (Å²) in [7, 11) is 0. The number of amides is 5. The molecule has 0 unspecified atom stereocenters. The SMILES string of the molecule is C[C@@H](NC(=O)[C@@H](N)Cc1ccc(O)cc1)C(=O)N[C@@H](Cc1ccccc1)c1nc(N[C@@H](Cc2ccc(O)cc2)C(=O)N2CCC[C@H]2C(=O)N[C@@H](CO)C(N)=O)no1. The van der Waals surface area contributed by atoms with Gasteiger partial charge in [0.2, 0.25) is 29.5 Å². The zero-order chi connectivity index (χ0) is 41.1. The van der Waals surface area contributed by atoms with Gasteiger partial charge in [0, 0.05) is 19.4 Å². The Morgan fingerprint density at radius 3 is 2.05 bits per heavy atom. The van der Waals surface area contributed by atoms with Gasteiger partial charge in [-0.3, -0.25) is 24.0 Å². The number of likely N-dealkylation sites (tertiary alicyclic amines) is 1. The molecule has 3 aromatic carbocycles. The molecule has 1 aromatic heterocycles. The molecule has 18 heteroatoms. The van der Waals surface area contributed by atoms with E-state index in [1.54, 1.807) is 24.3 Å². The van der Waals surface area contributed by atoms with E-state index in [2.05, 4.69) is 31.4 Å². The first-order valence-electron chi connectivity index (χ1n) is 18.4. The third-order valence-electron chi connectivity index (χ3n) is 9.48. The Labute approximate surface area is 328 Å². The second-order valence-electron chi connectivity index (χ2n) is 13.8. The van der Waals surface area contributed by atoms with Crippen LogP contribution in [0.1, 0.15) is 48.4 Å². The first-order valence-corrected chi connectivity index (χ1v) is 18.4. The van der Waals surface area contributed by atoms with Crippen LogP contribution < -0.4 is 32.7 Å². The second kappa shape index (κ2) is 19.4. The lowest BCUT2D eigenvalue weighted by molar-refractivity contribution is -0.140. The van der Waals surface area contributed by atoms with Crippen molar-refractivity contribution >= 4 is 35.5 Å². The Morgan fingerprint density at radius 1 is 0.825 bits per heavy atom. The van der Waals surface area contributed by atoms with E-state index < -0.39 is 72.4 Å². The summed E-state index contributed by atoms with van der Waals surface area (Å²) in [5.74, 6) is -3.17. The van der Waals surface area contributed by atoms with E-state index in [9.17, 15) is 39.3 Å². The molecule has 0 bridgehead atoms. The third kappa shape index (κ3) is 11.5. The van der Waals surface area contributed by atoms with Crippen LogP contribution in [0.15, 0.2) is 83.4 Å². The van der Waals surface area contributed by atoms with Crippen LogP contribution in [-0.2, 0) is 43.2 Å². The molecule has 5 rings (SSSR count). The number of rotatable bonds is 18. The van der Waals surface area contributed by atoms with Gasteiger partial charge in [-0.1, -0.05) is 54.6 Å². The van der Waals surface area contributed by atoms with Crippen molar-refractivity contribution in [3.63, 3.8) is 0 Å². The maximum atomic E-state index is 14.2. The number of phenols is 2. The number of aliphatic hydroxyl groups excluding tert-OH is 1. The molecule has 2 heterocycles. The predicted octanol–water partition coefficient (Wildman–Crippen LogP) is -0.0679. The predicted molar refractivity (Wildman–Crippen MR) is 205 cm³/mol. The number of carbonyl (C=O) groups is 5. The molecule has 11 N–H and O–H groups in total. The minimum absolute atomic E-state index is 0.00647. The van der Waals surface area contributed by atoms with Crippen molar-refractivity contribution < 1.29 is 43.8 Å². The highest BCUT2D eigenvalue weighted by molar-refractivity contribution is 5.94. The van der Waals surface area contributed by atoms with E-state index in [1.165, 1.54) is 36.1 Å². The summed E-state index contributed by atoms with van der Waals surface area (Å²) in [5, 5.41) is 43.9. The van der Waals surface area contributed by atoms with Gasteiger partial charge < -0.3 is 57.5 Å². The van der Waals surface area contributed by atoms with Crippen LogP contribution in [0, 0.1) is 0 Å². The molecule has 18 nitrogen and oxygen atoms in total. The summed E-state index contributed by atoms with van der Waals surface area (Å²) in [6, 6.07) is 15.5. The Balaban J connectivity index is 1.33. The number of benzene rings is 3. The maximum absolute atomic E-state index is 14.2. The van der Waals surface area contributed by atoms with Crippen LogP contribution in [0.4, 0.5) is 5.95 Å². The molecule has 0 radical (unpaired) electrons. The van der Waals surface area contributed by atoms with Crippen molar-refractivity contribution in [3.8, 4) is 11.5 Å². The molecule has 4 aromatic rings. The van der Waals surface area contributed by atoms with Crippen molar-refractivity contribution in [2.75, 3.05) is 18.5 Å². The number of aliphatic hydroxyl groups is 1. The minimum Gasteiger partial charge on any atom is -0.508 e. The molecule has 6 atom stereocenters. The van der Waals surface area contributed by atoms with E-state index in [4.69, 9.17) is 16.0 Å². The van der Waals surface area contributed by atoms with Gasteiger partial charge >= 0.3 is 0 Å². The highest BCUT2D eigenvalue weighted by atomic mass is 16.5. The maximum Gasteiger partial charge on any atom is 0.264 e. The molecule has 1 fully saturated rings. The van der Waals surface area contributed by atoms with Crippen LogP contribution >= 0.6 is 0 Å². The standard InChI is InChI=1S/C39H47N9O9/c1-22(42-35(54)28(40)18-24-9-13-26(50)14-10-24)34(53)43-29(19-23-6-3-2-4-7-23)37-46-39(47-57-37)45-30(20-25-11-15-27(51)16-12-25)38(56)48-17-5-8-32(48)36(55)44-31(21-49)33(41)52/h2-4,6-7,9-16,22,28-32,49-51H,5,8,17-21,40H2,1H3,(H2,41,52)(H,42,54)(H,43,53)(H,44,55)(H,45,47)/t22-,28+,29+,30+,31+,32+/m1/s1. The van der Waals surface area contributed by atoms with E-state index in [0.29, 0.717) is 18.4 Å². The molecule has 5 amide bonds. The summed E-state index contributed by atoms with van der Waals surface area (Å²) < 4.78 is 5.63. The van der Waals surface area contributed by atoms with E-state index in [0.717, 1.165) is 11.1 Å². The number of anilines is 1. The lowest BCUT2D eigenvalue weighted by Gasteiger charge is -2.29. The highest BCUT2D eigenvalue weighted by Crippen LogP contribution is 2.24. The Hall–Kier alpha value is -6.53. The van der Waals surface area contributed by atoms with Crippen molar-refractivity contribution in [2.45, 2.75) is 75.3 Å². The zero-order valence-corrected chi connectivity index (χ0v) is 31.2. The van der Waals surface area contributed by atoms with Gasteiger partial charge in [0.15, 0.2) is 0 Å². The van der Waals surface area contributed by atoms with Crippen molar-refractivity contribution in [2.24, 2.45) is 11.5 Å². The van der Waals surface area contributed by atoms with Crippen LogP contribution in [-0.4, -0.2) is 103 Å². The number of hydrogen-bond donors (Lipinski definition) is 9. The van der Waals surface area contributed by atoms with Crippen LogP contribution in [0.3, 0.4) is 0 Å². The quantitative estimate of drug-likeness (QED) is 0.0640. The summed E-state index contributed by atoms with van der Waals surface area (Å²) >= 11 is 0. The first kappa shape index (κ1) is 41.6. The van der Waals surface area contributed by atoms with E-state index in [1.807, 2.05) is 30.3 Å². The minimum atomic E-state index is -1.32. The van der Waals surface area contributed by atoms with Crippen molar-refractivity contribution in [1.82, 2.24) is 31.0 Å². The molecular formula is C39H47N9O9. The fourth-order valence-electron chi connectivity index (χ4n) is 6.35. The van der Waals surface area contributed by atoms with Gasteiger partial charge in [0.1, 0.15) is 41.7 Å².